The SMILES string of the molecule is COC(=O)[C@H](Cc1ccccc1)NC(=O)NCc1ccccc1-c1ccc([C@H]2O[C@@H](CN3CCC[C@H]3C(=O)OC(C)(C)C)[C@@H](C)[C@@H](c3ccc(CO)cc3)O2)cc1. The van der Waals surface area contributed by atoms with Crippen LogP contribution in [-0.2, 0) is 48.1 Å². The van der Waals surface area contributed by atoms with Gasteiger partial charge in [0.15, 0.2) is 6.29 Å². The smallest absolute Gasteiger partial charge is 0.328 e. The Morgan fingerprint density at radius 2 is 1.56 bits per heavy atom. The number of carbonyl (C=O) groups is 3. The van der Waals surface area contributed by atoms with Gasteiger partial charge in [-0.05, 0) is 73.5 Å². The van der Waals surface area contributed by atoms with Crippen molar-refractivity contribution >= 4 is 18.0 Å². The lowest BCUT2D eigenvalue weighted by molar-refractivity contribution is -0.276. The summed E-state index contributed by atoms with van der Waals surface area (Å²) in [6.45, 7) is 9.32. The van der Waals surface area contributed by atoms with E-state index in [-0.39, 0.29) is 43.3 Å². The Balaban J connectivity index is 1.17. The molecule has 0 unspecified atom stereocenters. The molecule has 6 atom stereocenters. The molecule has 0 aromatic heterocycles. The van der Waals surface area contributed by atoms with E-state index in [1.165, 1.54) is 7.11 Å². The molecule has 0 radical (unpaired) electrons. The van der Waals surface area contributed by atoms with Crippen molar-refractivity contribution in [3.05, 3.63) is 131 Å². The van der Waals surface area contributed by atoms with Crippen molar-refractivity contribution in [3.63, 3.8) is 0 Å². The number of amides is 2. The number of hydrogen-bond donors (Lipinski definition) is 3. The third kappa shape index (κ3) is 10.9. The van der Waals surface area contributed by atoms with Gasteiger partial charge in [0.05, 0.1) is 25.9 Å². The van der Waals surface area contributed by atoms with Crippen LogP contribution in [0.5, 0.6) is 0 Å². The summed E-state index contributed by atoms with van der Waals surface area (Å²) < 4.78 is 24.2. The van der Waals surface area contributed by atoms with E-state index in [1.54, 1.807) is 0 Å². The van der Waals surface area contributed by atoms with E-state index in [0.717, 1.165) is 58.3 Å². The molecule has 0 aliphatic carbocycles. The normalized spacial score (nSPS) is 21.7. The van der Waals surface area contributed by atoms with E-state index >= 15 is 0 Å². The Morgan fingerprint density at radius 3 is 2.25 bits per heavy atom. The van der Waals surface area contributed by atoms with Crippen LogP contribution >= 0.6 is 0 Å². The number of aliphatic hydroxyl groups excluding tert-OH is 1. The largest absolute Gasteiger partial charge is 0.467 e. The fourth-order valence-corrected chi connectivity index (χ4v) is 7.59. The maximum absolute atomic E-state index is 13.2. The molecule has 0 spiro atoms. The average Bonchev–Trinajstić information content (AvgIpc) is 3.69. The minimum Gasteiger partial charge on any atom is -0.467 e. The van der Waals surface area contributed by atoms with Gasteiger partial charge >= 0.3 is 18.0 Å². The summed E-state index contributed by atoms with van der Waals surface area (Å²) in [5.74, 6) is -0.765. The lowest BCUT2D eigenvalue weighted by Crippen LogP contribution is -2.48. The number of likely N-dealkylation sites (tertiary alicyclic amines) is 1. The first-order chi connectivity index (χ1) is 27.4. The van der Waals surface area contributed by atoms with Crippen LogP contribution in [0.1, 0.15) is 80.7 Å². The molecule has 2 aliphatic rings. The van der Waals surface area contributed by atoms with Crippen molar-refractivity contribution < 1.29 is 38.4 Å². The second-order valence-electron chi connectivity index (χ2n) is 15.9. The van der Waals surface area contributed by atoms with Crippen molar-refractivity contribution in [3.8, 4) is 11.1 Å². The zero-order chi connectivity index (χ0) is 40.5. The monoisotopic (exact) mass is 777 g/mol. The van der Waals surface area contributed by atoms with E-state index < -0.39 is 29.9 Å². The Labute approximate surface area is 335 Å². The summed E-state index contributed by atoms with van der Waals surface area (Å²) in [5.41, 5.74) is 5.78. The number of nitrogens with zero attached hydrogens (tertiary/aromatic N) is 1. The minimum absolute atomic E-state index is 0.0416. The molecule has 11 heteroatoms. The topological polar surface area (TPSA) is 136 Å². The summed E-state index contributed by atoms with van der Waals surface area (Å²) in [7, 11) is 1.31. The van der Waals surface area contributed by atoms with Gasteiger partial charge in [0.1, 0.15) is 17.7 Å². The lowest BCUT2D eigenvalue weighted by Gasteiger charge is -2.43. The number of methoxy groups -OCH3 is 1. The third-order valence-electron chi connectivity index (χ3n) is 10.6. The molecule has 57 heavy (non-hydrogen) atoms. The second kappa shape index (κ2) is 18.9. The molecule has 2 fully saturated rings. The maximum atomic E-state index is 13.2. The standard InChI is InChI=1S/C46H55N3O8/c1-30-40(28-49-25-11-16-39(49)43(52)57-46(2,3)4)55-44(56-41(30)34-19-17-32(29-50)18-20-34)35-23-21-33(22-24-35)37-15-10-9-14-36(37)27-47-45(53)48-38(42(51)54-5)26-31-12-7-6-8-13-31/h6-10,12-15,17-24,30,38-41,44,50H,11,16,25-29H2,1-5H3,(H2,47,48,53)/t30-,38+,39+,40+,41+,44+/m1/s1. The molecule has 11 nitrogen and oxygen atoms in total. The molecule has 0 saturated carbocycles. The minimum atomic E-state index is -0.840. The predicted octanol–water partition coefficient (Wildman–Crippen LogP) is 7.03. The Hall–Kier alpha value is -5.07. The summed E-state index contributed by atoms with van der Waals surface area (Å²) in [6.07, 6.45) is 0.728. The highest BCUT2D eigenvalue weighted by Crippen LogP contribution is 2.43. The van der Waals surface area contributed by atoms with Crippen molar-refractivity contribution in [1.82, 2.24) is 15.5 Å². The molecule has 6 rings (SSSR count). The maximum Gasteiger partial charge on any atom is 0.328 e. The van der Waals surface area contributed by atoms with Crippen LogP contribution in [0.3, 0.4) is 0 Å². The van der Waals surface area contributed by atoms with E-state index in [2.05, 4.69) is 22.5 Å². The molecule has 302 valence electrons. The van der Waals surface area contributed by atoms with Crippen molar-refractivity contribution in [2.75, 3.05) is 20.2 Å². The molecule has 2 saturated heterocycles. The van der Waals surface area contributed by atoms with Crippen LogP contribution in [-0.4, -0.2) is 72.0 Å². The van der Waals surface area contributed by atoms with E-state index in [0.29, 0.717) is 13.0 Å². The van der Waals surface area contributed by atoms with Crippen LogP contribution < -0.4 is 10.6 Å². The van der Waals surface area contributed by atoms with Gasteiger partial charge in [0.25, 0.3) is 0 Å². The molecule has 2 aliphatic heterocycles. The first-order valence-corrected chi connectivity index (χ1v) is 19.7. The van der Waals surface area contributed by atoms with E-state index in [4.69, 9.17) is 18.9 Å². The zero-order valence-corrected chi connectivity index (χ0v) is 33.5. The van der Waals surface area contributed by atoms with E-state index in [9.17, 15) is 19.5 Å². The Morgan fingerprint density at radius 1 is 0.877 bits per heavy atom. The number of carbonyl (C=O) groups excluding carboxylic acids is 3. The number of rotatable bonds is 13. The molecule has 0 bridgehead atoms. The third-order valence-corrected chi connectivity index (χ3v) is 10.6. The van der Waals surface area contributed by atoms with Crippen molar-refractivity contribution in [2.45, 2.75) is 96.3 Å². The fraction of sp³-hybridized carbons (Fsp3) is 0.413. The summed E-state index contributed by atoms with van der Waals surface area (Å²) in [5, 5.41) is 15.3. The van der Waals surface area contributed by atoms with Gasteiger partial charge in [-0.1, -0.05) is 110 Å². The van der Waals surface area contributed by atoms with Gasteiger partial charge in [0, 0.05) is 31.0 Å². The van der Waals surface area contributed by atoms with Gasteiger partial charge < -0.3 is 34.7 Å². The lowest BCUT2D eigenvalue weighted by atomic mass is 9.89. The number of hydrogen-bond acceptors (Lipinski definition) is 9. The van der Waals surface area contributed by atoms with Gasteiger partial charge in [-0.15, -0.1) is 0 Å². The van der Waals surface area contributed by atoms with Crippen LogP contribution in [0.2, 0.25) is 0 Å². The van der Waals surface area contributed by atoms with Gasteiger partial charge in [-0.2, -0.15) is 0 Å². The fourth-order valence-electron chi connectivity index (χ4n) is 7.59. The quantitative estimate of drug-likeness (QED) is 0.122. The van der Waals surface area contributed by atoms with Crippen LogP contribution in [0.15, 0.2) is 103 Å². The number of aliphatic hydroxyl groups is 1. The molecular weight excluding hydrogens is 723 g/mol. The zero-order valence-electron chi connectivity index (χ0n) is 33.5. The summed E-state index contributed by atoms with van der Waals surface area (Å²) in [6, 6.07) is 31.5. The second-order valence-corrected chi connectivity index (χ2v) is 15.9. The van der Waals surface area contributed by atoms with E-state index in [1.807, 2.05) is 124 Å². The van der Waals surface area contributed by atoms with Crippen LogP contribution in [0.25, 0.3) is 11.1 Å². The Bertz CT molecular complexity index is 1950. The Kier molecular flexibility index (Phi) is 13.8. The number of ether oxygens (including phenoxy) is 4. The van der Waals surface area contributed by atoms with Gasteiger partial charge in [-0.3, -0.25) is 9.69 Å². The molecule has 3 N–H and O–H groups in total. The highest BCUT2D eigenvalue weighted by molar-refractivity contribution is 5.84. The first-order valence-electron chi connectivity index (χ1n) is 19.7. The van der Waals surface area contributed by atoms with Gasteiger partial charge in [-0.25, -0.2) is 9.59 Å². The highest BCUT2D eigenvalue weighted by Gasteiger charge is 2.42. The number of benzene rings is 4. The molecule has 2 heterocycles. The van der Waals surface area contributed by atoms with Crippen molar-refractivity contribution in [2.24, 2.45) is 5.92 Å². The summed E-state index contributed by atoms with van der Waals surface area (Å²) >= 11 is 0. The summed E-state index contributed by atoms with van der Waals surface area (Å²) in [4.78, 5) is 41.0. The van der Waals surface area contributed by atoms with Crippen LogP contribution in [0, 0.1) is 5.92 Å². The molecular formula is C46H55N3O8. The first kappa shape index (κ1) is 41.6. The molecule has 4 aromatic rings. The number of urea groups is 1. The molecule has 4 aromatic carbocycles. The number of nitrogens with one attached hydrogen (secondary N) is 2. The van der Waals surface area contributed by atoms with Gasteiger partial charge in [0.2, 0.25) is 0 Å². The van der Waals surface area contributed by atoms with Crippen LogP contribution in [0.4, 0.5) is 4.79 Å². The van der Waals surface area contributed by atoms with Crippen molar-refractivity contribution in [1.29, 1.82) is 0 Å². The predicted molar refractivity (Wildman–Crippen MR) is 217 cm³/mol. The molecule has 2 amide bonds. The average molecular weight is 778 g/mol. The highest BCUT2D eigenvalue weighted by atomic mass is 16.7. The number of esters is 2.